The maximum atomic E-state index is 6.40. The van der Waals surface area contributed by atoms with Gasteiger partial charge in [-0.2, -0.15) is 0 Å². The molecule has 1 aromatic heterocycles. The molecule has 1 aliphatic rings. The number of aryl methyl sites for hydroxylation is 1. The van der Waals surface area contributed by atoms with Crippen LogP contribution in [0, 0.1) is 18.8 Å². The second kappa shape index (κ2) is 4.96. The number of hydrogen-bond acceptors (Lipinski definition) is 2. The first kappa shape index (κ1) is 11.6. The summed E-state index contributed by atoms with van der Waals surface area (Å²) in [6.07, 6.45) is 9.05. The molecule has 16 heavy (non-hydrogen) atoms. The number of nitrogens with zero attached hydrogens (tertiary/aromatic N) is 1. The SMILES string of the molecule is Cc1cnccc1C(N)C1CCCC(C)C1. The van der Waals surface area contributed by atoms with Gasteiger partial charge in [-0.25, -0.2) is 0 Å². The van der Waals surface area contributed by atoms with Crippen LogP contribution in [-0.2, 0) is 0 Å². The molecule has 0 spiro atoms. The summed E-state index contributed by atoms with van der Waals surface area (Å²) >= 11 is 0. The van der Waals surface area contributed by atoms with E-state index in [1.807, 2.05) is 12.4 Å². The number of hydrogen-bond donors (Lipinski definition) is 1. The summed E-state index contributed by atoms with van der Waals surface area (Å²) in [4.78, 5) is 4.13. The highest BCUT2D eigenvalue weighted by molar-refractivity contribution is 5.25. The van der Waals surface area contributed by atoms with E-state index < -0.39 is 0 Å². The largest absolute Gasteiger partial charge is 0.324 e. The van der Waals surface area contributed by atoms with Crippen molar-refractivity contribution < 1.29 is 0 Å². The van der Waals surface area contributed by atoms with Gasteiger partial charge in [-0.15, -0.1) is 0 Å². The van der Waals surface area contributed by atoms with Crippen LogP contribution >= 0.6 is 0 Å². The first-order valence-electron chi connectivity index (χ1n) is 6.34. The van der Waals surface area contributed by atoms with Crippen LogP contribution < -0.4 is 5.73 Å². The van der Waals surface area contributed by atoms with Gasteiger partial charge in [0.2, 0.25) is 0 Å². The Hall–Kier alpha value is -0.890. The van der Waals surface area contributed by atoms with Crippen molar-refractivity contribution in [1.82, 2.24) is 4.98 Å². The van der Waals surface area contributed by atoms with E-state index in [0.29, 0.717) is 5.92 Å². The highest BCUT2D eigenvalue weighted by Crippen LogP contribution is 2.36. The Bertz CT molecular complexity index is 348. The molecule has 3 atom stereocenters. The zero-order chi connectivity index (χ0) is 11.5. The van der Waals surface area contributed by atoms with E-state index in [1.54, 1.807) is 0 Å². The Morgan fingerprint density at radius 1 is 1.44 bits per heavy atom. The van der Waals surface area contributed by atoms with Gasteiger partial charge in [0.25, 0.3) is 0 Å². The lowest BCUT2D eigenvalue weighted by Crippen LogP contribution is -2.26. The summed E-state index contributed by atoms with van der Waals surface area (Å²) in [6.45, 7) is 4.45. The molecule has 0 amide bonds. The van der Waals surface area contributed by atoms with Crippen LogP contribution in [0.3, 0.4) is 0 Å². The third-order valence-electron chi connectivity index (χ3n) is 3.91. The predicted octanol–water partition coefficient (Wildman–Crippen LogP) is 3.22. The van der Waals surface area contributed by atoms with Gasteiger partial charge in [-0.3, -0.25) is 4.98 Å². The lowest BCUT2D eigenvalue weighted by molar-refractivity contribution is 0.247. The smallest absolute Gasteiger partial charge is 0.0327 e. The molecule has 1 fully saturated rings. The van der Waals surface area contributed by atoms with E-state index in [-0.39, 0.29) is 6.04 Å². The summed E-state index contributed by atoms with van der Waals surface area (Å²) in [6, 6.07) is 2.28. The monoisotopic (exact) mass is 218 g/mol. The predicted molar refractivity (Wildman–Crippen MR) is 67.0 cm³/mol. The topological polar surface area (TPSA) is 38.9 Å². The van der Waals surface area contributed by atoms with E-state index in [0.717, 1.165) is 5.92 Å². The Kier molecular flexibility index (Phi) is 3.59. The molecular formula is C14H22N2. The summed E-state index contributed by atoms with van der Waals surface area (Å²) in [5.41, 5.74) is 8.92. The van der Waals surface area contributed by atoms with Crippen LogP contribution in [-0.4, -0.2) is 4.98 Å². The van der Waals surface area contributed by atoms with Gasteiger partial charge in [0.1, 0.15) is 0 Å². The Morgan fingerprint density at radius 2 is 2.25 bits per heavy atom. The highest BCUT2D eigenvalue weighted by Gasteiger charge is 2.25. The first-order chi connectivity index (χ1) is 7.68. The van der Waals surface area contributed by atoms with Gasteiger partial charge in [0.05, 0.1) is 0 Å². The molecule has 1 aromatic rings. The Labute approximate surface area is 98.3 Å². The summed E-state index contributed by atoms with van der Waals surface area (Å²) in [5, 5.41) is 0. The van der Waals surface area contributed by atoms with E-state index >= 15 is 0 Å². The van der Waals surface area contributed by atoms with Gasteiger partial charge in [-0.1, -0.05) is 19.8 Å². The molecule has 2 N–H and O–H groups in total. The zero-order valence-corrected chi connectivity index (χ0v) is 10.3. The fraction of sp³-hybridized carbons (Fsp3) is 0.643. The average Bonchev–Trinajstić information content (AvgIpc) is 2.29. The van der Waals surface area contributed by atoms with Crippen molar-refractivity contribution in [3.05, 3.63) is 29.6 Å². The highest BCUT2D eigenvalue weighted by atomic mass is 14.7. The third-order valence-corrected chi connectivity index (χ3v) is 3.91. The lowest BCUT2D eigenvalue weighted by atomic mass is 9.76. The van der Waals surface area contributed by atoms with E-state index in [2.05, 4.69) is 24.9 Å². The number of aromatic nitrogens is 1. The summed E-state index contributed by atoms with van der Waals surface area (Å²) in [7, 11) is 0. The Morgan fingerprint density at radius 3 is 2.94 bits per heavy atom. The molecule has 0 saturated heterocycles. The quantitative estimate of drug-likeness (QED) is 0.827. The number of rotatable bonds is 2. The number of nitrogens with two attached hydrogens (primary N) is 1. The minimum atomic E-state index is 0.200. The standard InChI is InChI=1S/C14H22N2/c1-10-4-3-5-12(8-10)14(15)13-6-7-16-9-11(13)2/h6-7,9-10,12,14H,3-5,8,15H2,1-2H3. The maximum absolute atomic E-state index is 6.40. The van der Waals surface area contributed by atoms with Crippen LogP contribution in [0.5, 0.6) is 0 Å². The van der Waals surface area contributed by atoms with Crippen molar-refractivity contribution >= 4 is 0 Å². The molecule has 0 bridgehead atoms. The molecule has 1 aliphatic carbocycles. The van der Waals surface area contributed by atoms with Crippen LogP contribution in [0.1, 0.15) is 49.8 Å². The first-order valence-corrected chi connectivity index (χ1v) is 6.34. The fourth-order valence-electron chi connectivity index (χ4n) is 2.92. The maximum Gasteiger partial charge on any atom is 0.0327 e. The normalized spacial score (nSPS) is 27.7. The van der Waals surface area contributed by atoms with Crippen molar-refractivity contribution in [2.75, 3.05) is 0 Å². The van der Waals surface area contributed by atoms with Crippen molar-refractivity contribution in [1.29, 1.82) is 0 Å². The van der Waals surface area contributed by atoms with Gasteiger partial charge in [0, 0.05) is 18.4 Å². The molecule has 88 valence electrons. The average molecular weight is 218 g/mol. The minimum Gasteiger partial charge on any atom is -0.324 e. The molecule has 1 saturated carbocycles. The third kappa shape index (κ3) is 2.43. The number of pyridine rings is 1. The van der Waals surface area contributed by atoms with Gasteiger partial charge >= 0.3 is 0 Å². The second-order valence-corrected chi connectivity index (χ2v) is 5.29. The van der Waals surface area contributed by atoms with Crippen molar-refractivity contribution in [3.63, 3.8) is 0 Å². The molecule has 2 rings (SSSR count). The fourth-order valence-corrected chi connectivity index (χ4v) is 2.92. The molecule has 3 unspecified atom stereocenters. The molecule has 2 heteroatoms. The molecule has 0 aromatic carbocycles. The second-order valence-electron chi connectivity index (χ2n) is 5.29. The van der Waals surface area contributed by atoms with E-state index in [4.69, 9.17) is 5.73 Å². The van der Waals surface area contributed by atoms with Crippen LogP contribution in [0.4, 0.5) is 0 Å². The van der Waals surface area contributed by atoms with Crippen LogP contribution in [0.15, 0.2) is 18.5 Å². The molecule has 1 heterocycles. The minimum absolute atomic E-state index is 0.200. The van der Waals surface area contributed by atoms with Crippen LogP contribution in [0.2, 0.25) is 0 Å². The molecule has 0 aliphatic heterocycles. The molecule has 0 radical (unpaired) electrons. The Balaban J connectivity index is 2.12. The lowest BCUT2D eigenvalue weighted by Gasteiger charge is -2.32. The van der Waals surface area contributed by atoms with Gasteiger partial charge in [0.15, 0.2) is 0 Å². The molecule has 2 nitrogen and oxygen atoms in total. The summed E-state index contributed by atoms with van der Waals surface area (Å²) in [5.74, 6) is 1.50. The van der Waals surface area contributed by atoms with Crippen molar-refractivity contribution in [2.24, 2.45) is 17.6 Å². The summed E-state index contributed by atoms with van der Waals surface area (Å²) < 4.78 is 0. The van der Waals surface area contributed by atoms with E-state index in [1.165, 1.54) is 36.8 Å². The van der Waals surface area contributed by atoms with Crippen molar-refractivity contribution in [3.8, 4) is 0 Å². The van der Waals surface area contributed by atoms with Crippen molar-refractivity contribution in [2.45, 2.75) is 45.6 Å². The van der Waals surface area contributed by atoms with Gasteiger partial charge in [-0.05, 0) is 48.8 Å². The molecular weight excluding hydrogens is 196 g/mol. The zero-order valence-electron chi connectivity index (χ0n) is 10.3. The van der Waals surface area contributed by atoms with Gasteiger partial charge < -0.3 is 5.73 Å². The van der Waals surface area contributed by atoms with E-state index in [9.17, 15) is 0 Å². The van der Waals surface area contributed by atoms with Crippen LogP contribution in [0.25, 0.3) is 0 Å².